The molecule has 1 unspecified atom stereocenters. The summed E-state index contributed by atoms with van der Waals surface area (Å²) in [6, 6.07) is 5.80. The van der Waals surface area contributed by atoms with Gasteiger partial charge in [-0.05, 0) is 49.4 Å². The lowest BCUT2D eigenvalue weighted by Crippen LogP contribution is -2.15. The molecule has 0 aromatic heterocycles. The Kier molecular flexibility index (Phi) is 4.06. The van der Waals surface area contributed by atoms with E-state index in [0.29, 0.717) is 0 Å². The Balaban J connectivity index is 2.29. The van der Waals surface area contributed by atoms with Crippen LogP contribution in [0.1, 0.15) is 37.3 Å². The van der Waals surface area contributed by atoms with Crippen LogP contribution < -0.4 is 5.73 Å². The zero-order valence-corrected chi connectivity index (χ0v) is 11.4. The van der Waals surface area contributed by atoms with E-state index < -0.39 is 0 Å². The minimum Gasteiger partial charge on any atom is -0.320 e. The van der Waals surface area contributed by atoms with Gasteiger partial charge in [0.15, 0.2) is 0 Å². The van der Waals surface area contributed by atoms with E-state index in [1.54, 1.807) is 0 Å². The van der Waals surface area contributed by atoms with Crippen molar-refractivity contribution in [3.63, 3.8) is 0 Å². The van der Waals surface area contributed by atoms with Crippen molar-refractivity contribution in [3.05, 3.63) is 44.9 Å². The largest absolute Gasteiger partial charge is 0.320 e. The average molecular weight is 301 g/mol. The zero-order chi connectivity index (χ0) is 11.5. The molecule has 1 aliphatic rings. The Morgan fingerprint density at radius 2 is 2.12 bits per heavy atom. The Labute approximate surface area is 110 Å². The minimum atomic E-state index is -0.0506. The van der Waals surface area contributed by atoms with E-state index in [0.717, 1.165) is 27.9 Å². The zero-order valence-electron chi connectivity index (χ0n) is 9.05. The van der Waals surface area contributed by atoms with Gasteiger partial charge >= 0.3 is 0 Å². The fourth-order valence-corrected chi connectivity index (χ4v) is 2.71. The van der Waals surface area contributed by atoms with Crippen LogP contribution in [0.25, 0.3) is 0 Å². The van der Waals surface area contributed by atoms with Crippen LogP contribution in [-0.4, -0.2) is 0 Å². The first-order valence-electron chi connectivity index (χ1n) is 5.58. The van der Waals surface area contributed by atoms with Crippen LogP contribution in [0.15, 0.2) is 34.3 Å². The quantitative estimate of drug-likeness (QED) is 0.794. The van der Waals surface area contributed by atoms with Crippen LogP contribution in [0.5, 0.6) is 0 Å². The molecular formula is C13H15BrClN. The summed E-state index contributed by atoms with van der Waals surface area (Å²) in [5.41, 5.74) is 8.61. The fourth-order valence-electron chi connectivity index (χ4n) is 2.10. The predicted molar refractivity (Wildman–Crippen MR) is 72.6 cm³/mol. The van der Waals surface area contributed by atoms with Crippen LogP contribution in [0.3, 0.4) is 0 Å². The maximum Gasteiger partial charge on any atom is 0.0526 e. The summed E-state index contributed by atoms with van der Waals surface area (Å²) in [6.07, 6.45) is 7.04. The number of nitrogens with two attached hydrogens (primary N) is 1. The number of allylic oxidation sites excluding steroid dienone is 1. The molecule has 1 nitrogen and oxygen atoms in total. The minimum absolute atomic E-state index is 0.0506. The Morgan fingerprint density at radius 1 is 1.31 bits per heavy atom. The highest BCUT2D eigenvalue weighted by Crippen LogP contribution is 2.33. The van der Waals surface area contributed by atoms with Crippen LogP contribution in [0.4, 0.5) is 0 Å². The number of benzene rings is 1. The third-order valence-electron chi connectivity index (χ3n) is 3.02. The van der Waals surface area contributed by atoms with Crippen LogP contribution in [-0.2, 0) is 0 Å². The number of hydrogen-bond donors (Lipinski definition) is 1. The van der Waals surface area contributed by atoms with Crippen molar-refractivity contribution >= 4 is 27.5 Å². The standard InChI is InChI=1S/C13H15BrClN/c14-10-6-7-12(15)11(8-10)13(16)9-4-2-1-3-5-9/h4,6-8,13H,1-3,5,16H2. The number of rotatable bonds is 2. The van der Waals surface area contributed by atoms with E-state index in [-0.39, 0.29) is 6.04 Å². The molecule has 0 saturated carbocycles. The van der Waals surface area contributed by atoms with Crippen molar-refractivity contribution in [1.29, 1.82) is 0 Å². The first-order chi connectivity index (χ1) is 7.68. The predicted octanol–water partition coefficient (Wildman–Crippen LogP) is 4.60. The molecule has 0 spiro atoms. The van der Waals surface area contributed by atoms with E-state index in [9.17, 15) is 0 Å². The number of halogens is 2. The van der Waals surface area contributed by atoms with Crippen molar-refractivity contribution in [2.24, 2.45) is 5.73 Å². The summed E-state index contributed by atoms with van der Waals surface area (Å²) in [5.74, 6) is 0. The van der Waals surface area contributed by atoms with Crippen LogP contribution in [0, 0.1) is 0 Å². The van der Waals surface area contributed by atoms with Gasteiger partial charge in [-0.3, -0.25) is 0 Å². The molecule has 2 N–H and O–H groups in total. The maximum atomic E-state index is 6.27. The van der Waals surface area contributed by atoms with Crippen molar-refractivity contribution in [2.45, 2.75) is 31.7 Å². The molecule has 16 heavy (non-hydrogen) atoms. The maximum absolute atomic E-state index is 6.27. The molecule has 0 aliphatic heterocycles. The molecule has 1 aromatic carbocycles. The van der Waals surface area contributed by atoms with Gasteiger partial charge in [0.1, 0.15) is 0 Å². The van der Waals surface area contributed by atoms with Crippen LogP contribution in [0.2, 0.25) is 5.02 Å². The summed E-state index contributed by atoms with van der Waals surface area (Å²) in [6.45, 7) is 0. The monoisotopic (exact) mass is 299 g/mol. The lowest BCUT2D eigenvalue weighted by atomic mass is 9.90. The first kappa shape index (κ1) is 12.2. The van der Waals surface area contributed by atoms with Gasteiger partial charge < -0.3 is 5.73 Å². The summed E-state index contributed by atoms with van der Waals surface area (Å²) in [4.78, 5) is 0. The van der Waals surface area contributed by atoms with Gasteiger partial charge in [0.2, 0.25) is 0 Å². The van der Waals surface area contributed by atoms with Gasteiger partial charge in [0, 0.05) is 9.50 Å². The van der Waals surface area contributed by atoms with Crippen molar-refractivity contribution < 1.29 is 0 Å². The van der Waals surface area contributed by atoms with Crippen molar-refractivity contribution in [2.75, 3.05) is 0 Å². The van der Waals surface area contributed by atoms with Crippen molar-refractivity contribution in [1.82, 2.24) is 0 Å². The van der Waals surface area contributed by atoms with E-state index in [1.807, 2.05) is 18.2 Å². The normalized spacial score (nSPS) is 18.1. The highest BCUT2D eigenvalue weighted by atomic mass is 79.9. The summed E-state index contributed by atoms with van der Waals surface area (Å²) >= 11 is 9.64. The average Bonchev–Trinajstić information content (AvgIpc) is 2.32. The molecule has 1 aromatic rings. The molecule has 86 valence electrons. The van der Waals surface area contributed by atoms with E-state index >= 15 is 0 Å². The Bertz CT molecular complexity index is 414. The summed E-state index contributed by atoms with van der Waals surface area (Å²) < 4.78 is 1.03. The van der Waals surface area contributed by atoms with E-state index in [1.165, 1.54) is 18.4 Å². The SMILES string of the molecule is NC(C1=CCCCC1)c1cc(Br)ccc1Cl. The van der Waals surface area contributed by atoms with Crippen molar-refractivity contribution in [3.8, 4) is 0 Å². The van der Waals surface area contributed by atoms with Gasteiger partial charge in [-0.1, -0.05) is 39.2 Å². The fraction of sp³-hybridized carbons (Fsp3) is 0.385. The highest BCUT2D eigenvalue weighted by Gasteiger charge is 2.16. The molecule has 0 saturated heterocycles. The Hall–Kier alpha value is -0.310. The molecule has 0 amide bonds. The first-order valence-corrected chi connectivity index (χ1v) is 6.75. The molecule has 1 aliphatic carbocycles. The molecule has 1 atom stereocenters. The Morgan fingerprint density at radius 3 is 2.81 bits per heavy atom. The molecule has 0 heterocycles. The number of hydrogen-bond acceptors (Lipinski definition) is 1. The van der Waals surface area contributed by atoms with Gasteiger partial charge in [-0.2, -0.15) is 0 Å². The molecular weight excluding hydrogens is 286 g/mol. The molecule has 0 bridgehead atoms. The van der Waals surface area contributed by atoms with Gasteiger partial charge in [0.05, 0.1) is 6.04 Å². The smallest absolute Gasteiger partial charge is 0.0526 e. The summed E-state index contributed by atoms with van der Waals surface area (Å²) in [5, 5.41) is 0.752. The molecule has 0 fully saturated rings. The second-order valence-electron chi connectivity index (χ2n) is 4.17. The lowest BCUT2D eigenvalue weighted by molar-refractivity contribution is 0.648. The molecule has 0 radical (unpaired) electrons. The van der Waals surface area contributed by atoms with Gasteiger partial charge in [-0.25, -0.2) is 0 Å². The third-order valence-corrected chi connectivity index (χ3v) is 3.86. The van der Waals surface area contributed by atoms with E-state index in [2.05, 4.69) is 22.0 Å². The molecule has 3 heteroatoms. The van der Waals surface area contributed by atoms with Gasteiger partial charge in [-0.15, -0.1) is 0 Å². The topological polar surface area (TPSA) is 26.0 Å². The second-order valence-corrected chi connectivity index (χ2v) is 5.49. The second kappa shape index (κ2) is 5.35. The lowest BCUT2D eigenvalue weighted by Gasteiger charge is -2.21. The van der Waals surface area contributed by atoms with Gasteiger partial charge in [0.25, 0.3) is 0 Å². The summed E-state index contributed by atoms with van der Waals surface area (Å²) in [7, 11) is 0. The highest BCUT2D eigenvalue weighted by molar-refractivity contribution is 9.10. The third kappa shape index (κ3) is 2.68. The molecule has 2 rings (SSSR count). The van der Waals surface area contributed by atoms with Crippen LogP contribution >= 0.6 is 27.5 Å². The van der Waals surface area contributed by atoms with E-state index in [4.69, 9.17) is 17.3 Å².